The van der Waals surface area contributed by atoms with Crippen LogP contribution < -0.4 is 38.9 Å². The molecule has 2 aromatic heterocycles. The number of nitrogens with zero attached hydrogens (tertiary/aromatic N) is 1. The van der Waals surface area contributed by atoms with Gasteiger partial charge in [0.25, 0.3) is 0 Å². The van der Waals surface area contributed by atoms with Gasteiger partial charge in [0.05, 0.1) is 23.1 Å². The molecule has 0 spiro atoms. The Balaban J connectivity index is 1.43. The number of ketones is 1. The molecule has 4 aromatic carbocycles. The van der Waals surface area contributed by atoms with Gasteiger partial charge in [-0.15, -0.1) is 0 Å². The number of hydrogen-bond donors (Lipinski definition) is 7. The Morgan fingerprint density at radius 2 is 1.13 bits per heavy atom. The molecular weight excluding hydrogens is 681 g/mol. The number of nitrogens with two attached hydrogens (primary N) is 4. The highest BCUT2D eigenvalue weighted by Crippen LogP contribution is 2.40. The molecule has 270 valence electrons. The van der Waals surface area contributed by atoms with Gasteiger partial charge < -0.3 is 38.2 Å². The smallest absolute Gasteiger partial charge is 0.159 e. The number of allylic oxidation sites excluding steroid dienone is 2. The number of carbonyl (C=O) groups is 1. The van der Waals surface area contributed by atoms with E-state index in [0.29, 0.717) is 11.3 Å². The van der Waals surface area contributed by atoms with Crippen LogP contribution in [0.1, 0.15) is 50.9 Å². The van der Waals surface area contributed by atoms with Crippen LogP contribution in [0, 0.1) is 0 Å². The highest BCUT2D eigenvalue weighted by atomic mass is 16.1. The first-order chi connectivity index (χ1) is 26.6. The lowest BCUT2D eigenvalue weighted by atomic mass is 9.83. The van der Waals surface area contributed by atoms with Crippen LogP contribution in [0.4, 0.5) is 0 Å². The number of H-pyrrole nitrogens is 2. The number of aliphatic imine (C=N–C) groups is 1. The second-order valence-electron chi connectivity index (χ2n) is 14.3. The van der Waals surface area contributed by atoms with Crippen molar-refractivity contribution in [3.63, 3.8) is 0 Å². The van der Waals surface area contributed by atoms with Crippen LogP contribution >= 0.6 is 0 Å². The van der Waals surface area contributed by atoms with Crippen molar-refractivity contribution in [1.82, 2.24) is 15.3 Å². The van der Waals surface area contributed by atoms with E-state index in [1.807, 2.05) is 133 Å². The molecule has 3 aliphatic heterocycles. The lowest BCUT2D eigenvalue weighted by Gasteiger charge is -2.37. The number of benzene rings is 4. The summed E-state index contributed by atoms with van der Waals surface area (Å²) < 4.78 is 0. The van der Waals surface area contributed by atoms with E-state index in [1.54, 1.807) is 6.92 Å². The molecule has 0 aliphatic carbocycles. The number of hydrogen-bond acceptors (Lipinski definition) is 7. The maximum atomic E-state index is 12.3. The molecule has 0 saturated carbocycles. The maximum Gasteiger partial charge on any atom is 0.159 e. The maximum absolute atomic E-state index is 12.3. The van der Waals surface area contributed by atoms with Crippen LogP contribution in [0.5, 0.6) is 0 Å². The highest BCUT2D eigenvalue weighted by Gasteiger charge is 2.58. The molecular formula is C46H40N8O. The van der Waals surface area contributed by atoms with Crippen molar-refractivity contribution in [3.05, 3.63) is 213 Å². The zero-order chi connectivity index (χ0) is 37.9. The third-order valence-corrected chi connectivity index (χ3v) is 10.8. The first-order valence-electron chi connectivity index (χ1n) is 18.2. The monoisotopic (exact) mass is 720 g/mol. The van der Waals surface area contributed by atoms with Gasteiger partial charge in [0.15, 0.2) is 5.78 Å². The van der Waals surface area contributed by atoms with Gasteiger partial charge in [-0.2, -0.15) is 0 Å². The summed E-state index contributed by atoms with van der Waals surface area (Å²) in [5, 5.41) is 5.28. The van der Waals surface area contributed by atoms with Crippen molar-refractivity contribution in [2.45, 2.75) is 24.3 Å². The molecule has 9 nitrogen and oxygen atoms in total. The second kappa shape index (κ2) is 13.0. The number of aromatic nitrogens is 2. The fraction of sp³-hybridized carbons (Fsp3) is 0.0870. The number of rotatable bonds is 5. The Labute approximate surface area is 318 Å². The lowest BCUT2D eigenvalue weighted by Crippen LogP contribution is -2.77. The molecule has 3 aliphatic rings. The molecule has 5 heterocycles. The van der Waals surface area contributed by atoms with E-state index >= 15 is 0 Å². The average molecular weight is 721 g/mol. The predicted octanol–water partition coefficient (Wildman–Crippen LogP) is 4.39. The van der Waals surface area contributed by atoms with Gasteiger partial charge in [-0.25, -0.2) is 4.99 Å². The first kappa shape index (κ1) is 34.2. The Morgan fingerprint density at radius 3 is 1.75 bits per heavy atom. The van der Waals surface area contributed by atoms with Gasteiger partial charge in [0, 0.05) is 49.9 Å². The fourth-order valence-electron chi connectivity index (χ4n) is 7.95. The highest BCUT2D eigenvalue weighted by molar-refractivity contribution is 6.30. The van der Waals surface area contributed by atoms with Gasteiger partial charge in [-0.3, -0.25) is 4.79 Å². The van der Waals surface area contributed by atoms with Crippen molar-refractivity contribution in [2.75, 3.05) is 0 Å². The molecule has 8 bridgehead atoms. The Bertz CT molecular complexity index is 2730. The van der Waals surface area contributed by atoms with Gasteiger partial charge in [-0.05, 0) is 65.6 Å². The van der Waals surface area contributed by atoms with Gasteiger partial charge in [0.2, 0.25) is 0 Å². The fourth-order valence-corrected chi connectivity index (χ4v) is 7.95. The third kappa shape index (κ3) is 5.65. The Morgan fingerprint density at radius 1 is 0.582 bits per heavy atom. The van der Waals surface area contributed by atoms with E-state index in [4.69, 9.17) is 27.9 Å². The van der Waals surface area contributed by atoms with E-state index in [1.165, 1.54) is 0 Å². The second-order valence-corrected chi connectivity index (χ2v) is 14.3. The molecule has 11 N–H and O–H groups in total. The zero-order valence-corrected chi connectivity index (χ0v) is 30.2. The van der Waals surface area contributed by atoms with E-state index in [0.717, 1.165) is 78.0 Å². The molecule has 1 atom stereocenters. The predicted molar refractivity (Wildman–Crippen MR) is 219 cm³/mol. The molecule has 1 saturated heterocycles. The molecule has 0 radical (unpaired) electrons. The zero-order valence-electron chi connectivity index (χ0n) is 30.2. The molecule has 0 amide bonds. The molecule has 9 rings (SSSR count). The SMILES string of the molecule is CC(=O)c1ccc(/C2=c3\cc/c([nH]3)=C(\c3ccccc3)C3N/C(=C(/c4ccccc4)c4ccc([nH]4)/C(c4ccccc4)=C4/C=CC2=N4)C(N)(N)C3(N)N)cc1. The average Bonchev–Trinajstić information content (AvgIpc) is 4.01. The minimum absolute atomic E-state index is 0.00390. The number of aromatic amines is 2. The Hall–Kier alpha value is -6.62. The van der Waals surface area contributed by atoms with Gasteiger partial charge >= 0.3 is 0 Å². The first-order valence-corrected chi connectivity index (χ1v) is 18.2. The van der Waals surface area contributed by atoms with E-state index < -0.39 is 17.4 Å². The largest absolute Gasteiger partial charge is 0.375 e. The van der Waals surface area contributed by atoms with Crippen molar-refractivity contribution in [2.24, 2.45) is 27.9 Å². The van der Waals surface area contributed by atoms with E-state index in [-0.39, 0.29) is 5.78 Å². The van der Waals surface area contributed by atoms with E-state index in [2.05, 4.69) is 33.5 Å². The van der Waals surface area contributed by atoms with Crippen molar-refractivity contribution in [3.8, 4) is 0 Å². The molecule has 1 unspecified atom stereocenters. The summed E-state index contributed by atoms with van der Waals surface area (Å²) >= 11 is 0. The molecule has 55 heavy (non-hydrogen) atoms. The Kier molecular flexibility index (Phi) is 8.11. The summed E-state index contributed by atoms with van der Waals surface area (Å²) in [6.07, 6.45) is 4.09. The van der Waals surface area contributed by atoms with Crippen LogP contribution in [-0.2, 0) is 0 Å². The number of carbonyl (C=O) groups excluding carboxylic acids is 1. The quantitative estimate of drug-likeness (QED) is 0.103. The third-order valence-electron chi connectivity index (χ3n) is 10.8. The summed E-state index contributed by atoms with van der Waals surface area (Å²) in [6, 6.07) is 45.1. The normalized spacial score (nSPS) is 23.0. The van der Waals surface area contributed by atoms with Gasteiger partial charge in [-0.1, -0.05) is 115 Å². The van der Waals surface area contributed by atoms with Crippen LogP contribution in [-0.4, -0.2) is 38.8 Å². The summed E-state index contributed by atoms with van der Waals surface area (Å²) in [6.45, 7) is 1.57. The standard InChI is InChI=1S/C46H40N8O/c1-27(55)28-17-19-32(20-18-28)40-35-22-21-33(51-35)39(29-11-5-2-6-12-29)34-23-25-37(52-34)41(30-13-7-3-8-14-30)43-45(47,48)46(49,50)44(54-43)42(31-15-9-4-10-16-31)38-26-24-36(40)53-38/h2-26,44,52-54H,47-50H2,1H3/b39-33-,40-36-,42-38-,43-41-. The lowest BCUT2D eigenvalue weighted by molar-refractivity contribution is 0.101. The van der Waals surface area contributed by atoms with Gasteiger partial charge in [0.1, 0.15) is 11.3 Å². The minimum atomic E-state index is -1.72. The van der Waals surface area contributed by atoms with Crippen molar-refractivity contribution in [1.29, 1.82) is 0 Å². The van der Waals surface area contributed by atoms with E-state index in [9.17, 15) is 4.79 Å². The molecule has 1 fully saturated rings. The van der Waals surface area contributed by atoms with Crippen molar-refractivity contribution < 1.29 is 4.79 Å². The summed E-state index contributed by atoms with van der Waals surface area (Å²) in [7, 11) is 0. The van der Waals surface area contributed by atoms with Crippen LogP contribution in [0.15, 0.2) is 168 Å². The summed E-state index contributed by atoms with van der Waals surface area (Å²) in [5.74, 6) is -0.00390. The van der Waals surface area contributed by atoms with Crippen LogP contribution in [0.2, 0.25) is 0 Å². The number of fused-ring (bicyclic) bond motifs is 7. The number of Topliss-reactive ketones (excluding diaryl/α,β-unsaturated/α-hetero) is 1. The summed E-state index contributed by atoms with van der Waals surface area (Å²) in [4.78, 5) is 25.0. The topological polar surface area (TPSA) is 177 Å². The van der Waals surface area contributed by atoms with Crippen molar-refractivity contribution >= 4 is 33.8 Å². The molecule has 6 aromatic rings. The summed E-state index contributed by atoms with van der Waals surface area (Å²) in [5.41, 5.74) is 36.6. The van der Waals surface area contributed by atoms with Crippen LogP contribution in [0.25, 0.3) is 22.3 Å². The minimum Gasteiger partial charge on any atom is -0.375 e. The molecule has 9 heteroatoms. The number of nitrogens with one attached hydrogen (secondary N) is 3. The van der Waals surface area contributed by atoms with Crippen LogP contribution in [0.3, 0.4) is 0 Å².